The number of carbonyl (C=O) groups is 1. The van der Waals surface area contributed by atoms with Gasteiger partial charge in [0, 0.05) is 11.2 Å². The summed E-state index contributed by atoms with van der Waals surface area (Å²) in [7, 11) is 0. The second-order valence-electron chi connectivity index (χ2n) is 3.80. The number of carbonyl (C=O) groups excluding carboxylic acids is 1. The average Bonchev–Trinajstić information content (AvgIpc) is 1.96. The molecular weight excluding hydrogens is 220 g/mol. The molecule has 0 spiro atoms. The van der Waals surface area contributed by atoms with E-state index in [1.165, 1.54) is 0 Å². The van der Waals surface area contributed by atoms with Gasteiger partial charge in [-0.05, 0) is 27.2 Å². The first-order valence-corrected chi connectivity index (χ1v) is 5.27. The van der Waals surface area contributed by atoms with Gasteiger partial charge in [-0.1, -0.05) is 15.9 Å². The Balaban J connectivity index is 3.65. The zero-order valence-corrected chi connectivity index (χ0v) is 9.56. The number of alkyl halides is 1. The quantitative estimate of drug-likeness (QED) is 0.542. The Labute approximate surface area is 82.8 Å². The van der Waals surface area contributed by atoms with Crippen molar-refractivity contribution in [3.63, 3.8) is 0 Å². The van der Waals surface area contributed by atoms with Crippen molar-refractivity contribution in [3.05, 3.63) is 0 Å². The van der Waals surface area contributed by atoms with E-state index in [4.69, 9.17) is 4.74 Å². The molecule has 0 saturated carbocycles. The first-order chi connectivity index (χ1) is 5.49. The fourth-order valence-corrected chi connectivity index (χ4v) is 1.28. The molecule has 3 heteroatoms. The van der Waals surface area contributed by atoms with Crippen LogP contribution in [0.5, 0.6) is 0 Å². The van der Waals surface area contributed by atoms with E-state index in [1.807, 2.05) is 20.8 Å². The summed E-state index contributed by atoms with van der Waals surface area (Å²) in [5.74, 6) is 0.0311. The molecule has 0 aliphatic heterocycles. The summed E-state index contributed by atoms with van der Waals surface area (Å²) in [4.78, 5) is 10.5. The van der Waals surface area contributed by atoms with Crippen molar-refractivity contribution in [3.8, 4) is 0 Å². The van der Waals surface area contributed by atoms with Crippen LogP contribution in [0.2, 0.25) is 0 Å². The van der Waals surface area contributed by atoms with Crippen molar-refractivity contribution in [2.75, 3.05) is 11.9 Å². The summed E-state index contributed by atoms with van der Waals surface area (Å²) in [6.07, 6.45) is 1.81. The molecule has 0 aromatic carbocycles. The summed E-state index contributed by atoms with van der Waals surface area (Å²) in [5.41, 5.74) is -0.145. The van der Waals surface area contributed by atoms with Gasteiger partial charge in [0.05, 0.1) is 12.2 Å². The van der Waals surface area contributed by atoms with Gasteiger partial charge < -0.3 is 9.53 Å². The summed E-state index contributed by atoms with van der Waals surface area (Å²) in [6, 6.07) is 0. The number of halogens is 1. The molecule has 0 amide bonds. The Bertz CT molecular complexity index is 129. The zero-order valence-electron chi connectivity index (χ0n) is 7.97. The fourth-order valence-electron chi connectivity index (χ4n) is 0.688. The van der Waals surface area contributed by atoms with Gasteiger partial charge in [0.2, 0.25) is 0 Å². The number of aldehydes is 1. The molecule has 0 aromatic heterocycles. The van der Waals surface area contributed by atoms with Crippen molar-refractivity contribution >= 4 is 22.2 Å². The number of hydrogen-bond acceptors (Lipinski definition) is 2. The van der Waals surface area contributed by atoms with Gasteiger partial charge in [-0.3, -0.25) is 0 Å². The Morgan fingerprint density at radius 1 is 1.50 bits per heavy atom. The van der Waals surface area contributed by atoms with Crippen molar-refractivity contribution in [2.24, 2.45) is 5.92 Å². The lowest BCUT2D eigenvalue weighted by Crippen LogP contribution is -2.24. The molecule has 1 atom stereocenters. The third-order valence-corrected chi connectivity index (χ3v) is 1.86. The summed E-state index contributed by atoms with van der Waals surface area (Å²) < 4.78 is 5.48. The molecule has 0 aliphatic rings. The highest BCUT2D eigenvalue weighted by molar-refractivity contribution is 9.09. The third-order valence-electron chi connectivity index (χ3n) is 1.40. The summed E-state index contributed by atoms with van der Waals surface area (Å²) in [5, 5.41) is 0.851. The molecule has 0 bridgehead atoms. The molecule has 0 heterocycles. The molecular formula is C9H17BrO2. The maximum Gasteiger partial charge on any atom is 0.125 e. The van der Waals surface area contributed by atoms with Crippen LogP contribution in [-0.2, 0) is 9.53 Å². The number of hydrogen-bond donors (Lipinski definition) is 0. The SMILES string of the molecule is CC(C)(C)OCC(C=O)CCBr. The fraction of sp³-hybridized carbons (Fsp3) is 0.889. The first kappa shape index (κ1) is 12.1. The van der Waals surface area contributed by atoms with Gasteiger partial charge in [0.15, 0.2) is 0 Å². The smallest absolute Gasteiger partial charge is 0.125 e. The standard InChI is InChI=1S/C9H17BrO2/c1-9(2,3)12-7-8(6-11)4-5-10/h6,8H,4-5,7H2,1-3H3. The zero-order chi connectivity index (χ0) is 9.61. The molecule has 0 N–H and O–H groups in total. The first-order valence-electron chi connectivity index (χ1n) is 4.15. The van der Waals surface area contributed by atoms with Crippen molar-refractivity contribution in [1.82, 2.24) is 0 Å². The molecule has 0 radical (unpaired) electrons. The lowest BCUT2D eigenvalue weighted by molar-refractivity contribution is -0.115. The van der Waals surface area contributed by atoms with Gasteiger partial charge in [-0.15, -0.1) is 0 Å². The minimum Gasteiger partial charge on any atom is -0.375 e. The Hall–Kier alpha value is 0.110. The van der Waals surface area contributed by atoms with Crippen LogP contribution >= 0.6 is 15.9 Å². The van der Waals surface area contributed by atoms with Crippen LogP contribution < -0.4 is 0 Å². The summed E-state index contributed by atoms with van der Waals surface area (Å²) >= 11 is 3.30. The second kappa shape index (κ2) is 5.70. The van der Waals surface area contributed by atoms with Gasteiger partial charge >= 0.3 is 0 Å². The van der Waals surface area contributed by atoms with Crippen LogP contribution in [0.15, 0.2) is 0 Å². The topological polar surface area (TPSA) is 26.3 Å². The predicted molar refractivity (Wildman–Crippen MR) is 53.7 cm³/mol. The van der Waals surface area contributed by atoms with E-state index in [0.717, 1.165) is 18.0 Å². The summed E-state index contributed by atoms with van der Waals surface area (Å²) in [6.45, 7) is 6.49. The van der Waals surface area contributed by atoms with Gasteiger partial charge in [0.1, 0.15) is 6.29 Å². The Morgan fingerprint density at radius 2 is 2.08 bits per heavy atom. The molecule has 1 unspecified atom stereocenters. The molecule has 0 aromatic rings. The third kappa shape index (κ3) is 6.80. The van der Waals surface area contributed by atoms with Crippen LogP contribution in [0, 0.1) is 5.92 Å². The molecule has 2 nitrogen and oxygen atoms in total. The normalized spacial score (nSPS) is 14.3. The second-order valence-corrected chi connectivity index (χ2v) is 4.59. The monoisotopic (exact) mass is 236 g/mol. The van der Waals surface area contributed by atoms with Gasteiger partial charge in [0.25, 0.3) is 0 Å². The van der Waals surface area contributed by atoms with Crippen LogP contribution in [-0.4, -0.2) is 23.8 Å². The van der Waals surface area contributed by atoms with Crippen molar-refractivity contribution in [2.45, 2.75) is 32.8 Å². The van der Waals surface area contributed by atoms with E-state index < -0.39 is 0 Å². The highest BCUT2D eigenvalue weighted by Gasteiger charge is 2.14. The minimum absolute atomic E-state index is 0.0311. The van der Waals surface area contributed by atoms with Crippen molar-refractivity contribution < 1.29 is 9.53 Å². The minimum atomic E-state index is -0.145. The highest BCUT2D eigenvalue weighted by Crippen LogP contribution is 2.11. The molecule has 12 heavy (non-hydrogen) atoms. The largest absolute Gasteiger partial charge is 0.375 e. The molecule has 0 fully saturated rings. The molecule has 0 aliphatic carbocycles. The van der Waals surface area contributed by atoms with Crippen molar-refractivity contribution in [1.29, 1.82) is 0 Å². The highest BCUT2D eigenvalue weighted by atomic mass is 79.9. The van der Waals surface area contributed by atoms with Gasteiger partial charge in [-0.2, -0.15) is 0 Å². The van der Waals surface area contributed by atoms with Gasteiger partial charge in [-0.25, -0.2) is 0 Å². The number of ether oxygens (including phenoxy) is 1. The van der Waals surface area contributed by atoms with Crippen LogP contribution in [0.25, 0.3) is 0 Å². The lowest BCUT2D eigenvalue weighted by Gasteiger charge is -2.21. The van der Waals surface area contributed by atoms with E-state index >= 15 is 0 Å². The molecule has 72 valence electrons. The maximum atomic E-state index is 10.5. The van der Waals surface area contributed by atoms with E-state index in [2.05, 4.69) is 15.9 Å². The maximum absolute atomic E-state index is 10.5. The van der Waals surface area contributed by atoms with E-state index in [-0.39, 0.29) is 11.5 Å². The lowest BCUT2D eigenvalue weighted by atomic mass is 10.1. The van der Waals surface area contributed by atoms with E-state index in [9.17, 15) is 4.79 Å². The Kier molecular flexibility index (Phi) is 5.76. The average molecular weight is 237 g/mol. The number of rotatable bonds is 5. The molecule has 0 saturated heterocycles. The van der Waals surface area contributed by atoms with Crippen LogP contribution in [0.4, 0.5) is 0 Å². The van der Waals surface area contributed by atoms with E-state index in [1.54, 1.807) is 0 Å². The Morgan fingerprint density at radius 3 is 2.42 bits per heavy atom. The van der Waals surface area contributed by atoms with Crippen LogP contribution in [0.3, 0.4) is 0 Å². The molecule has 0 rings (SSSR count). The van der Waals surface area contributed by atoms with Crippen LogP contribution in [0.1, 0.15) is 27.2 Å². The predicted octanol–water partition coefficient (Wildman–Crippen LogP) is 2.40. The van der Waals surface area contributed by atoms with E-state index in [0.29, 0.717) is 6.61 Å².